The van der Waals surface area contributed by atoms with E-state index in [1.807, 2.05) is 0 Å². The van der Waals surface area contributed by atoms with Crippen molar-refractivity contribution in [3.63, 3.8) is 0 Å². The predicted octanol–water partition coefficient (Wildman–Crippen LogP) is 1.48. The van der Waals surface area contributed by atoms with E-state index in [9.17, 15) is 24.3 Å². The van der Waals surface area contributed by atoms with Crippen molar-refractivity contribution in [2.45, 2.75) is 39.4 Å². The van der Waals surface area contributed by atoms with Gasteiger partial charge in [-0.1, -0.05) is 32.9 Å². The fourth-order valence-electron chi connectivity index (χ4n) is 3.57. The summed E-state index contributed by atoms with van der Waals surface area (Å²) >= 11 is 0. The lowest BCUT2D eigenvalue weighted by Crippen LogP contribution is -2.52. The second-order valence-electron chi connectivity index (χ2n) is 8.69. The number of ether oxygens (including phenoxy) is 1. The molecule has 4 atom stereocenters. The zero-order valence-electron chi connectivity index (χ0n) is 17.2. The molecule has 0 saturated carbocycles. The molecule has 0 aliphatic carbocycles. The molecule has 1 fully saturated rings. The van der Waals surface area contributed by atoms with Crippen molar-refractivity contribution < 1.29 is 29.0 Å². The van der Waals surface area contributed by atoms with Crippen LogP contribution in [0.15, 0.2) is 36.4 Å². The number of fused-ring (bicyclic) bond motifs is 2. The highest BCUT2D eigenvalue weighted by Gasteiger charge is 2.59. The predicted molar refractivity (Wildman–Crippen MR) is 107 cm³/mol. The Labute approximate surface area is 173 Å². The number of carbonyl (C=O) groups is 4. The fraction of sp³-hybridized carbons (Fsp3) is 0.429. The van der Waals surface area contributed by atoms with Gasteiger partial charge in [0, 0.05) is 16.7 Å². The number of carboxylic acids is 1. The minimum Gasteiger partial charge on any atom is -0.481 e. The Kier molecular flexibility index (Phi) is 5.42. The molecule has 1 saturated heterocycles. The number of benzene rings is 1. The van der Waals surface area contributed by atoms with Gasteiger partial charge in [-0.05, 0) is 31.2 Å². The van der Waals surface area contributed by atoms with Gasteiger partial charge in [0.25, 0.3) is 5.91 Å². The Morgan fingerprint density at radius 3 is 2.27 bits per heavy atom. The molecular weight excluding hydrogens is 390 g/mol. The normalized spacial score (nSPS) is 26.9. The molecule has 0 aromatic heterocycles. The molecule has 1 aromatic rings. The minimum absolute atomic E-state index is 0.157. The van der Waals surface area contributed by atoms with Crippen molar-refractivity contribution in [2.75, 3.05) is 5.32 Å². The Hall–Kier alpha value is -3.20. The largest absolute Gasteiger partial charge is 0.481 e. The monoisotopic (exact) mass is 415 g/mol. The van der Waals surface area contributed by atoms with Crippen molar-refractivity contribution in [1.82, 2.24) is 10.9 Å². The number of carbonyl (C=O) groups excluding carboxylic acids is 3. The molecule has 2 aliphatic heterocycles. The Morgan fingerprint density at radius 2 is 1.70 bits per heavy atom. The third-order valence-corrected chi connectivity index (χ3v) is 5.29. The molecule has 2 aliphatic rings. The average molecular weight is 415 g/mol. The van der Waals surface area contributed by atoms with Crippen LogP contribution < -0.4 is 16.2 Å². The molecule has 3 rings (SSSR count). The van der Waals surface area contributed by atoms with Crippen molar-refractivity contribution in [3.05, 3.63) is 42.0 Å². The van der Waals surface area contributed by atoms with Crippen LogP contribution in [-0.4, -0.2) is 40.5 Å². The van der Waals surface area contributed by atoms with Gasteiger partial charge in [-0.25, -0.2) is 0 Å². The van der Waals surface area contributed by atoms with Gasteiger partial charge in [0.15, 0.2) is 0 Å². The molecule has 9 nitrogen and oxygen atoms in total. The maximum Gasteiger partial charge on any atom is 0.310 e. The Bertz CT molecular complexity index is 918. The molecule has 2 heterocycles. The van der Waals surface area contributed by atoms with E-state index in [4.69, 9.17) is 4.74 Å². The van der Waals surface area contributed by atoms with Crippen LogP contribution in [0.4, 0.5) is 5.69 Å². The number of nitrogens with one attached hydrogen (secondary N) is 3. The molecule has 2 bridgehead atoms. The van der Waals surface area contributed by atoms with E-state index in [0.29, 0.717) is 5.69 Å². The highest BCUT2D eigenvalue weighted by atomic mass is 16.5. The minimum atomic E-state index is -1.13. The zero-order chi connectivity index (χ0) is 22.3. The molecule has 4 N–H and O–H groups in total. The smallest absolute Gasteiger partial charge is 0.310 e. The molecule has 30 heavy (non-hydrogen) atoms. The van der Waals surface area contributed by atoms with E-state index < -0.39 is 46.7 Å². The fourth-order valence-corrected chi connectivity index (χ4v) is 3.57. The molecule has 160 valence electrons. The summed E-state index contributed by atoms with van der Waals surface area (Å²) in [6, 6.07) is 6.17. The van der Waals surface area contributed by atoms with Crippen LogP contribution in [0.5, 0.6) is 0 Å². The van der Waals surface area contributed by atoms with Crippen LogP contribution in [0.1, 0.15) is 38.1 Å². The lowest BCUT2D eigenvalue weighted by molar-refractivity contribution is -0.147. The summed E-state index contributed by atoms with van der Waals surface area (Å²) in [5.41, 5.74) is 3.81. The van der Waals surface area contributed by atoms with E-state index in [2.05, 4.69) is 16.2 Å². The number of anilines is 1. The molecule has 3 amide bonds. The van der Waals surface area contributed by atoms with Crippen molar-refractivity contribution in [3.8, 4) is 0 Å². The summed E-state index contributed by atoms with van der Waals surface area (Å²) < 4.78 is 5.63. The summed E-state index contributed by atoms with van der Waals surface area (Å²) in [7, 11) is 0. The van der Waals surface area contributed by atoms with Crippen molar-refractivity contribution >= 4 is 29.4 Å². The van der Waals surface area contributed by atoms with Crippen LogP contribution in [-0.2, 0) is 19.1 Å². The lowest BCUT2D eigenvalue weighted by atomic mass is 9.76. The van der Waals surface area contributed by atoms with Gasteiger partial charge in [-0.3, -0.25) is 30.0 Å². The number of hydrogen-bond donors (Lipinski definition) is 4. The van der Waals surface area contributed by atoms with Gasteiger partial charge >= 0.3 is 5.97 Å². The summed E-state index contributed by atoms with van der Waals surface area (Å²) in [6.07, 6.45) is 2.64. The highest BCUT2D eigenvalue weighted by Crippen LogP contribution is 2.46. The van der Waals surface area contributed by atoms with Crippen LogP contribution >= 0.6 is 0 Å². The highest BCUT2D eigenvalue weighted by molar-refractivity contribution is 5.98. The topological polar surface area (TPSA) is 134 Å². The zero-order valence-corrected chi connectivity index (χ0v) is 17.2. The number of carboxylic acid groups (broad SMARTS) is 1. The van der Waals surface area contributed by atoms with Gasteiger partial charge in [-0.2, -0.15) is 0 Å². The number of rotatable bonds is 4. The summed E-state index contributed by atoms with van der Waals surface area (Å²) in [5, 5.41) is 12.2. The van der Waals surface area contributed by atoms with Gasteiger partial charge in [0.2, 0.25) is 11.8 Å². The van der Waals surface area contributed by atoms with Gasteiger partial charge in [0.05, 0.1) is 17.6 Å². The quantitative estimate of drug-likeness (QED) is 0.435. The number of amides is 3. The molecule has 0 unspecified atom stereocenters. The first-order chi connectivity index (χ1) is 13.9. The molecular formula is C21H25N3O6. The van der Waals surface area contributed by atoms with Gasteiger partial charge < -0.3 is 15.2 Å². The second kappa shape index (κ2) is 7.56. The van der Waals surface area contributed by atoms with E-state index in [-0.39, 0.29) is 11.5 Å². The van der Waals surface area contributed by atoms with E-state index in [0.717, 1.165) is 0 Å². The SMILES string of the molecule is CC(C)(C)C(=O)Nc1ccc(C(=O)NNC(=O)[C@H]2[C@@H](C(=O)O)[C@H]3C=C[C@@]2(C)O3)cc1. The standard InChI is InChI=1S/C21H25N3O6/c1-20(2,3)19(29)22-12-7-5-11(6-8-12)16(25)23-24-17(26)15-14(18(27)28)13-9-10-21(15,4)30-13/h5-10,13-15H,1-4H3,(H,22,29)(H,23,25)(H,24,26)(H,27,28)/t13-,14+,15-,21-/m1/s1. The second-order valence-corrected chi connectivity index (χ2v) is 8.69. The molecule has 1 aromatic carbocycles. The Balaban J connectivity index is 1.60. The van der Waals surface area contributed by atoms with E-state index in [1.165, 1.54) is 12.1 Å². The third-order valence-electron chi connectivity index (χ3n) is 5.29. The first-order valence-electron chi connectivity index (χ1n) is 9.54. The number of aliphatic carboxylic acids is 1. The van der Waals surface area contributed by atoms with E-state index in [1.54, 1.807) is 52.0 Å². The van der Waals surface area contributed by atoms with Crippen LogP contribution in [0, 0.1) is 17.3 Å². The molecule has 9 heteroatoms. The lowest BCUT2D eigenvalue weighted by Gasteiger charge is -2.27. The van der Waals surface area contributed by atoms with Crippen molar-refractivity contribution in [1.29, 1.82) is 0 Å². The maximum atomic E-state index is 12.6. The van der Waals surface area contributed by atoms with E-state index >= 15 is 0 Å². The van der Waals surface area contributed by atoms with Crippen LogP contribution in [0.2, 0.25) is 0 Å². The van der Waals surface area contributed by atoms with Gasteiger partial charge in [0.1, 0.15) is 5.92 Å². The maximum absolute atomic E-state index is 12.6. The summed E-state index contributed by atoms with van der Waals surface area (Å²) in [6.45, 7) is 7.01. The Morgan fingerprint density at radius 1 is 1.07 bits per heavy atom. The average Bonchev–Trinajstić information content (AvgIpc) is 3.19. The van der Waals surface area contributed by atoms with Crippen LogP contribution in [0.25, 0.3) is 0 Å². The number of hydrazine groups is 1. The van der Waals surface area contributed by atoms with Crippen LogP contribution in [0.3, 0.4) is 0 Å². The summed E-state index contributed by atoms with van der Waals surface area (Å²) in [5.74, 6) is -4.50. The molecule has 0 radical (unpaired) electrons. The number of hydrogen-bond acceptors (Lipinski definition) is 5. The van der Waals surface area contributed by atoms with Crippen molar-refractivity contribution in [2.24, 2.45) is 17.3 Å². The van der Waals surface area contributed by atoms with Gasteiger partial charge in [-0.15, -0.1) is 0 Å². The first-order valence-corrected chi connectivity index (χ1v) is 9.54. The third kappa shape index (κ3) is 4.06. The first kappa shape index (κ1) is 21.5. The summed E-state index contributed by atoms with van der Waals surface area (Å²) in [4.78, 5) is 48.5. The molecule has 0 spiro atoms.